The van der Waals surface area contributed by atoms with Gasteiger partial charge in [-0.1, -0.05) is 13.8 Å². The SMILES string of the molecule is C#CCC(C)N1C(=O)CC(C)(C)CC1=O. The minimum Gasteiger partial charge on any atom is -0.279 e. The molecular formula is C12H17NO2. The first-order chi connectivity index (χ1) is 6.87. The van der Waals surface area contributed by atoms with Gasteiger partial charge in [-0.25, -0.2) is 0 Å². The van der Waals surface area contributed by atoms with E-state index in [9.17, 15) is 9.59 Å². The number of terminal acetylenes is 1. The molecule has 0 aromatic rings. The molecule has 1 fully saturated rings. The van der Waals surface area contributed by atoms with Crippen molar-refractivity contribution in [2.75, 3.05) is 0 Å². The van der Waals surface area contributed by atoms with Crippen molar-refractivity contribution in [3.8, 4) is 12.3 Å². The monoisotopic (exact) mass is 207 g/mol. The van der Waals surface area contributed by atoms with Crippen LogP contribution in [-0.4, -0.2) is 22.8 Å². The van der Waals surface area contributed by atoms with E-state index in [0.29, 0.717) is 19.3 Å². The van der Waals surface area contributed by atoms with Crippen LogP contribution in [0, 0.1) is 17.8 Å². The van der Waals surface area contributed by atoms with Crippen molar-refractivity contribution in [3.63, 3.8) is 0 Å². The molecule has 82 valence electrons. The number of amides is 2. The molecule has 15 heavy (non-hydrogen) atoms. The number of carbonyl (C=O) groups excluding carboxylic acids is 2. The third-order valence-electron chi connectivity index (χ3n) is 2.65. The van der Waals surface area contributed by atoms with E-state index >= 15 is 0 Å². The molecule has 1 aliphatic heterocycles. The van der Waals surface area contributed by atoms with E-state index in [1.807, 2.05) is 20.8 Å². The van der Waals surface area contributed by atoms with E-state index in [4.69, 9.17) is 6.42 Å². The summed E-state index contributed by atoms with van der Waals surface area (Å²) in [6.45, 7) is 5.69. The molecule has 0 spiro atoms. The summed E-state index contributed by atoms with van der Waals surface area (Å²) in [5.74, 6) is 2.28. The molecule has 0 radical (unpaired) electrons. The van der Waals surface area contributed by atoms with E-state index < -0.39 is 0 Å². The highest BCUT2D eigenvalue weighted by molar-refractivity contribution is 5.98. The summed E-state index contributed by atoms with van der Waals surface area (Å²) in [7, 11) is 0. The molecule has 3 nitrogen and oxygen atoms in total. The maximum Gasteiger partial charge on any atom is 0.229 e. The molecule has 0 aromatic heterocycles. The summed E-state index contributed by atoms with van der Waals surface area (Å²) in [5, 5.41) is 0. The molecule has 2 amide bonds. The summed E-state index contributed by atoms with van der Waals surface area (Å²) in [5.41, 5.74) is -0.208. The van der Waals surface area contributed by atoms with Gasteiger partial charge in [-0.05, 0) is 12.3 Å². The first-order valence-corrected chi connectivity index (χ1v) is 5.16. The zero-order valence-electron chi connectivity index (χ0n) is 9.54. The Morgan fingerprint density at radius 1 is 1.40 bits per heavy atom. The minimum absolute atomic E-state index is 0.0981. The highest BCUT2D eigenvalue weighted by Gasteiger charge is 2.39. The first-order valence-electron chi connectivity index (χ1n) is 5.16. The first kappa shape index (κ1) is 11.8. The van der Waals surface area contributed by atoms with Gasteiger partial charge in [0.2, 0.25) is 11.8 Å². The molecule has 0 aromatic carbocycles. The normalized spacial score (nSPS) is 22.4. The number of imide groups is 1. The molecule has 0 bridgehead atoms. The number of piperidine rings is 1. The predicted octanol–water partition coefficient (Wildman–Crippen LogP) is 1.57. The Morgan fingerprint density at radius 3 is 2.27 bits per heavy atom. The van der Waals surface area contributed by atoms with Crippen LogP contribution in [0.5, 0.6) is 0 Å². The molecule has 1 heterocycles. The average molecular weight is 207 g/mol. The molecule has 1 rings (SSSR count). The van der Waals surface area contributed by atoms with Crippen molar-refractivity contribution in [2.24, 2.45) is 5.41 Å². The van der Waals surface area contributed by atoms with Crippen LogP contribution in [0.15, 0.2) is 0 Å². The number of hydrogen-bond donors (Lipinski definition) is 0. The predicted molar refractivity (Wildman–Crippen MR) is 57.8 cm³/mol. The molecule has 0 saturated carbocycles. The van der Waals surface area contributed by atoms with Crippen molar-refractivity contribution in [1.29, 1.82) is 0 Å². The third kappa shape index (κ3) is 2.59. The number of nitrogens with zero attached hydrogens (tertiary/aromatic N) is 1. The van der Waals surface area contributed by atoms with Crippen LogP contribution in [-0.2, 0) is 9.59 Å². The van der Waals surface area contributed by atoms with Crippen molar-refractivity contribution in [3.05, 3.63) is 0 Å². The van der Waals surface area contributed by atoms with Gasteiger partial charge in [0.05, 0.1) is 0 Å². The summed E-state index contributed by atoms with van der Waals surface area (Å²) in [6.07, 6.45) is 6.46. The fourth-order valence-corrected chi connectivity index (χ4v) is 1.94. The van der Waals surface area contributed by atoms with Crippen LogP contribution >= 0.6 is 0 Å². The summed E-state index contributed by atoms with van der Waals surface area (Å²) in [6, 6.07) is -0.175. The van der Waals surface area contributed by atoms with E-state index in [1.165, 1.54) is 4.90 Å². The smallest absolute Gasteiger partial charge is 0.229 e. The van der Waals surface area contributed by atoms with Gasteiger partial charge in [0.25, 0.3) is 0 Å². The van der Waals surface area contributed by atoms with Crippen LogP contribution in [0.3, 0.4) is 0 Å². The van der Waals surface area contributed by atoms with E-state index in [0.717, 1.165) is 0 Å². The van der Waals surface area contributed by atoms with Crippen molar-refractivity contribution < 1.29 is 9.59 Å². The van der Waals surface area contributed by atoms with Gasteiger partial charge in [0.15, 0.2) is 0 Å². The zero-order valence-corrected chi connectivity index (χ0v) is 9.54. The highest BCUT2D eigenvalue weighted by Crippen LogP contribution is 2.32. The third-order valence-corrected chi connectivity index (χ3v) is 2.65. The second-order valence-corrected chi connectivity index (χ2v) is 4.93. The number of hydrogen-bond acceptors (Lipinski definition) is 2. The van der Waals surface area contributed by atoms with Gasteiger partial charge in [-0.15, -0.1) is 12.3 Å². The highest BCUT2D eigenvalue weighted by atomic mass is 16.2. The largest absolute Gasteiger partial charge is 0.279 e. The van der Waals surface area contributed by atoms with Crippen LogP contribution in [0.1, 0.15) is 40.0 Å². The van der Waals surface area contributed by atoms with Gasteiger partial charge >= 0.3 is 0 Å². The van der Waals surface area contributed by atoms with Gasteiger partial charge in [-0.2, -0.15) is 0 Å². The molecule has 1 atom stereocenters. The lowest BCUT2D eigenvalue weighted by Gasteiger charge is -2.37. The summed E-state index contributed by atoms with van der Waals surface area (Å²) in [4.78, 5) is 24.9. The molecule has 1 aliphatic rings. The average Bonchev–Trinajstić information content (AvgIpc) is 1.99. The molecule has 3 heteroatoms. The van der Waals surface area contributed by atoms with E-state index in [-0.39, 0.29) is 23.3 Å². The van der Waals surface area contributed by atoms with Gasteiger partial charge < -0.3 is 0 Å². The van der Waals surface area contributed by atoms with Gasteiger partial charge in [0, 0.05) is 25.3 Å². The lowest BCUT2D eigenvalue weighted by molar-refractivity contribution is -0.154. The topological polar surface area (TPSA) is 37.4 Å². The van der Waals surface area contributed by atoms with Crippen LogP contribution in [0.4, 0.5) is 0 Å². The number of likely N-dealkylation sites (tertiary alicyclic amines) is 1. The Hall–Kier alpha value is -1.30. The molecule has 0 aliphatic carbocycles. The molecule has 0 N–H and O–H groups in total. The maximum absolute atomic E-state index is 11.8. The van der Waals surface area contributed by atoms with Crippen LogP contribution in [0.2, 0.25) is 0 Å². The Balaban J connectivity index is 2.80. The second-order valence-electron chi connectivity index (χ2n) is 4.93. The lowest BCUT2D eigenvalue weighted by atomic mass is 9.81. The second kappa shape index (κ2) is 4.06. The van der Waals surface area contributed by atoms with Gasteiger partial charge in [0.1, 0.15) is 0 Å². The standard InChI is InChI=1S/C12H17NO2/c1-5-6-9(2)13-10(14)7-12(3,4)8-11(13)15/h1,9H,6-8H2,2-4H3. The maximum atomic E-state index is 11.8. The summed E-state index contributed by atoms with van der Waals surface area (Å²) < 4.78 is 0. The Kier molecular flexibility index (Phi) is 3.18. The Morgan fingerprint density at radius 2 is 1.87 bits per heavy atom. The van der Waals surface area contributed by atoms with Crippen LogP contribution < -0.4 is 0 Å². The Labute approximate surface area is 90.8 Å². The quantitative estimate of drug-likeness (QED) is 0.509. The van der Waals surface area contributed by atoms with Crippen molar-refractivity contribution in [2.45, 2.75) is 46.1 Å². The zero-order chi connectivity index (χ0) is 11.6. The fraction of sp³-hybridized carbons (Fsp3) is 0.667. The van der Waals surface area contributed by atoms with Crippen molar-refractivity contribution in [1.82, 2.24) is 4.90 Å². The molecule has 1 saturated heterocycles. The minimum atomic E-state index is -0.208. The molecule has 1 unspecified atom stereocenters. The lowest BCUT2D eigenvalue weighted by Crippen LogP contribution is -2.50. The number of rotatable bonds is 2. The van der Waals surface area contributed by atoms with Crippen LogP contribution in [0.25, 0.3) is 0 Å². The fourth-order valence-electron chi connectivity index (χ4n) is 1.94. The molecular weight excluding hydrogens is 190 g/mol. The number of carbonyl (C=O) groups is 2. The van der Waals surface area contributed by atoms with Crippen molar-refractivity contribution >= 4 is 11.8 Å². The summed E-state index contributed by atoms with van der Waals surface area (Å²) >= 11 is 0. The van der Waals surface area contributed by atoms with E-state index in [2.05, 4.69) is 5.92 Å². The van der Waals surface area contributed by atoms with Gasteiger partial charge in [-0.3, -0.25) is 14.5 Å². The Bertz CT molecular complexity index is 305. The van der Waals surface area contributed by atoms with E-state index in [1.54, 1.807) is 0 Å².